The number of carboxylic acids is 1. The van der Waals surface area contributed by atoms with Crippen LogP contribution in [0.2, 0.25) is 0 Å². The fourth-order valence-corrected chi connectivity index (χ4v) is 3.74. The van der Waals surface area contributed by atoms with Crippen molar-refractivity contribution in [3.63, 3.8) is 0 Å². The largest absolute Gasteiger partial charge is 0.478 e. The van der Waals surface area contributed by atoms with Gasteiger partial charge in [0.05, 0.1) is 11.3 Å². The van der Waals surface area contributed by atoms with E-state index in [1.165, 1.54) is 19.3 Å². The summed E-state index contributed by atoms with van der Waals surface area (Å²) in [5.74, 6) is -0.824. The number of aromatic carboxylic acids is 1. The minimum atomic E-state index is -0.824. The van der Waals surface area contributed by atoms with Gasteiger partial charge in [0.1, 0.15) is 0 Å². The van der Waals surface area contributed by atoms with Gasteiger partial charge < -0.3 is 15.3 Å². The Morgan fingerprint density at radius 3 is 2.75 bits per heavy atom. The van der Waals surface area contributed by atoms with Crippen LogP contribution in [0.1, 0.15) is 35.2 Å². The third kappa shape index (κ3) is 2.29. The molecule has 0 radical (unpaired) electrons. The van der Waals surface area contributed by atoms with Crippen molar-refractivity contribution in [3.8, 4) is 0 Å². The number of nitrogens with zero attached hydrogens (tertiary/aromatic N) is 1. The van der Waals surface area contributed by atoms with E-state index in [0.29, 0.717) is 11.0 Å². The molecule has 2 N–H and O–H groups in total. The number of anilines is 1. The molecule has 0 aromatic heterocycles. The lowest BCUT2D eigenvalue weighted by Crippen LogP contribution is -2.39. The second-order valence-corrected chi connectivity index (χ2v) is 6.20. The van der Waals surface area contributed by atoms with Gasteiger partial charge in [-0.25, -0.2) is 4.79 Å². The van der Waals surface area contributed by atoms with Crippen molar-refractivity contribution in [3.05, 3.63) is 29.3 Å². The predicted octanol–water partition coefficient (Wildman–Crippen LogP) is 2.27. The second kappa shape index (κ2) is 5.09. The molecule has 1 spiro atoms. The van der Waals surface area contributed by atoms with Gasteiger partial charge in [0.2, 0.25) is 0 Å². The lowest BCUT2D eigenvalue weighted by atomic mass is 9.78. The lowest BCUT2D eigenvalue weighted by Gasteiger charge is -2.34. The van der Waals surface area contributed by atoms with Crippen LogP contribution in [0.15, 0.2) is 18.2 Å². The van der Waals surface area contributed by atoms with E-state index in [4.69, 9.17) is 0 Å². The first-order chi connectivity index (χ1) is 9.61. The van der Waals surface area contributed by atoms with Crippen molar-refractivity contribution < 1.29 is 9.90 Å². The van der Waals surface area contributed by atoms with Gasteiger partial charge in [0.25, 0.3) is 0 Å². The smallest absolute Gasteiger partial charge is 0.337 e. The van der Waals surface area contributed by atoms with Gasteiger partial charge in [-0.3, -0.25) is 0 Å². The Bertz CT molecular complexity index is 521. The van der Waals surface area contributed by atoms with Gasteiger partial charge in [-0.15, -0.1) is 0 Å². The van der Waals surface area contributed by atoms with Crippen molar-refractivity contribution in [2.75, 3.05) is 31.1 Å². The van der Waals surface area contributed by atoms with Crippen molar-refractivity contribution in [2.24, 2.45) is 5.41 Å². The molecule has 0 aliphatic carbocycles. The van der Waals surface area contributed by atoms with Crippen molar-refractivity contribution >= 4 is 11.7 Å². The summed E-state index contributed by atoms with van der Waals surface area (Å²) in [5.41, 5.74) is 2.82. The zero-order chi connectivity index (χ0) is 14.2. The molecule has 2 saturated heterocycles. The van der Waals surface area contributed by atoms with E-state index in [-0.39, 0.29) is 0 Å². The predicted molar refractivity (Wildman–Crippen MR) is 79.5 cm³/mol. The summed E-state index contributed by atoms with van der Waals surface area (Å²) in [6, 6.07) is 5.56. The minimum Gasteiger partial charge on any atom is -0.478 e. The average Bonchev–Trinajstić information content (AvgIpc) is 2.82. The van der Waals surface area contributed by atoms with Crippen LogP contribution in [0.4, 0.5) is 5.69 Å². The van der Waals surface area contributed by atoms with E-state index >= 15 is 0 Å². The van der Waals surface area contributed by atoms with Gasteiger partial charge in [0.15, 0.2) is 0 Å². The lowest BCUT2D eigenvalue weighted by molar-refractivity contribution is 0.0697. The normalized spacial score (nSPS) is 21.4. The Hall–Kier alpha value is -1.55. The van der Waals surface area contributed by atoms with Crippen LogP contribution in [0.5, 0.6) is 0 Å². The Kier molecular flexibility index (Phi) is 3.42. The Labute approximate surface area is 119 Å². The van der Waals surface area contributed by atoms with Crippen LogP contribution in [-0.2, 0) is 0 Å². The van der Waals surface area contributed by atoms with Gasteiger partial charge >= 0.3 is 5.97 Å². The molecule has 0 amide bonds. The molecule has 3 rings (SSSR count). The zero-order valence-corrected chi connectivity index (χ0v) is 12.0. The van der Waals surface area contributed by atoms with Crippen LogP contribution in [-0.4, -0.2) is 37.3 Å². The summed E-state index contributed by atoms with van der Waals surface area (Å²) in [6.07, 6.45) is 3.59. The minimum absolute atomic E-state index is 0.392. The number of hydrogen-bond donors (Lipinski definition) is 2. The first kappa shape index (κ1) is 13.4. The topological polar surface area (TPSA) is 52.6 Å². The SMILES string of the molecule is Cc1cccc(C(=O)O)c1N1CCC2(CCNCC2)C1. The van der Waals surface area contributed by atoms with E-state index in [2.05, 4.69) is 10.2 Å². The fraction of sp³-hybridized carbons (Fsp3) is 0.562. The number of aryl methyl sites for hydroxylation is 1. The maximum Gasteiger partial charge on any atom is 0.337 e. The number of piperidine rings is 1. The van der Waals surface area contributed by atoms with E-state index in [1.807, 2.05) is 19.1 Å². The summed E-state index contributed by atoms with van der Waals surface area (Å²) in [4.78, 5) is 13.8. The number of rotatable bonds is 2. The van der Waals surface area contributed by atoms with Crippen LogP contribution in [0, 0.1) is 12.3 Å². The van der Waals surface area contributed by atoms with E-state index in [1.54, 1.807) is 6.07 Å². The molecule has 0 saturated carbocycles. The molecule has 0 bridgehead atoms. The monoisotopic (exact) mass is 274 g/mol. The molecule has 0 atom stereocenters. The molecule has 20 heavy (non-hydrogen) atoms. The molecular weight excluding hydrogens is 252 g/mol. The molecule has 2 aliphatic rings. The average molecular weight is 274 g/mol. The molecule has 108 valence electrons. The molecule has 4 heteroatoms. The molecule has 0 unspecified atom stereocenters. The number of nitrogens with one attached hydrogen (secondary N) is 1. The number of benzene rings is 1. The van der Waals surface area contributed by atoms with Crippen molar-refractivity contribution in [2.45, 2.75) is 26.2 Å². The molecule has 1 aromatic carbocycles. The van der Waals surface area contributed by atoms with Gasteiger partial charge in [0, 0.05) is 13.1 Å². The number of para-hydroxylation sites is 1. The highest BCUT2D eigenvalue weighted by Gasteiger charge is 2.39. The van der Waals surface area contributed by atoms with Gasteiger partial charge in [-0.2, -0.15) is 0 Å². The highest BCUT2D eigenvalue weighted by molar-refractivity contribution is 5.95. The third-order valence-electron chi connectivity index (χ3n) is 4.89. The summed E-state index contributed by atoms with van der Waals surface area (Å²) in [5, 5.41) is 12.8. The van der Waals surface area contributed by atoms with E-state index in [0.717, 1.165) is 37.4 Å². The Balaban J connectivity index is 1.89. The Morgan fingerprint density at radius 1 is 1.30 bits per heavy atom. The quantitative estimate of drug-likeness (QED) is 0.868. The fourth-order valence-electron chi connectivity index (χ4n) is 3.74. The maximum absolute atomic E-state index is 11.5. The summed E-state index contributed by atoms with van der Waals surface area (Å²) in [7, 11) is 0. The molecule has 2 heterocycles. The standard InChI is InChI=1S/C16H22N2O2/c1-12-3-2-4-13(15(19)20)14(12)18-10-7-16(11-18)5-8-17-9-6-16/h2-4,17H,5-11H2,1H3,(H,19,20). The molecule has 2 fully saturated rings. The first-order valence-corrected chi connectivity index (χ1v) is 7.40. The van der Waals surface area contributed by atoms with E-state index in [9.17, 15) is 9.90 Å². The van der Waals surface area contributed by atoms with Crippen LogP contribution in [0.25, 0.3) is 0 Å². The van der Waals surface area contributed by atoms with Crippen molar-refractivity contribution in [1.29, 1.82) is 0 Å². The molecule has 2 aliphatic heterocycles. The van der Waals surface area contributed by atoms with E-state index < -0.39 is 5.97 Å². The van der Waals surface area contributed by atoms with Crippen molar-refractivity contribution in [1.82, 2.24) is 5.32 Å². The maximum atomic E-state index is 11.5. The first-order valence-electron chi connectivity index (χ1n) is 7.40. The summed E-state index contributed by atoms with van der Waals surface area (Å²) >= 11 is 0. The number of carboxylic acid groups (broad SMARTS) is 1. The highest BCUT2D eigenvalue weighted by Crippen LogP contribution is 2.41. The number of carbonyl (C=O) groups is 1. The van der Waals surface area contributed by atoms with Crippen LogP contribution >= 0.6 is 0 Å². The Morgan fingerprint density at radius 2 is 2.05 bits per heavy atom. The van der Waals surface area contributed by atoms with Gasteiger partial charge in [-0.05, 0) is 56.3 Å². The van der Waals surface area contributed by atoms with Gasteiger partial charge in [-0.1, -0.05) is 12.1 Å². The molecule has 4 nitrogen and oxygen atoms in total. The molecule has 1 aromatic rings. The van der Waals surface area contributed by atoms with Crippen LogP contribution < -0.4 is 10.2 Å². The molecular formula is C16H22N2O2. The number of hydrogen-bond acceptors (Lipinski definition) is 3. The summed E-state index contributed by atoms with van der Waals surface area (Å²) < 4.78 is 0. The summed E-state index contributed by atoms with van der Waals surface area (Å²) in [6.45, 7) is 6.17. The highest BCUT2D eigenvalue weighted by atomic mass is 16.4. The zero-order valence-electron chi connectivity index (χ0n) is 12.0. The van der Waals surface area contributed by atoms with Crippen LogP contribution in [0.3, 0.4) is 0 Å². The third-order valence-corrected chi connectivity index (χ3v) is 4.89. The second-order valence-electron chi connectivity index (χ2n) is 6.20.